The van der Waals surface area contributed by atoms with Crippen molar-refractivity contribution in [1.29, 1.82) is 0 Å². The summed E-state index contributed by atoms with van der Waals surface area (Å²) >= 11 is 3.38. The van der Waals surface area contributed by atoms with Crippen molar-refractivity contribution in [2.45, 2.75) is 25.3 Å². The number of esters is 1. The summed E-state index contributed by atoms with van der Waals surface area (Å²) in [7, 11) is 1.31. The molecule has 25 heavy (non-hydrogen) atoms. The van der Waals surface area contributed by atoms with Gasteiger partial charge in [-0.05, 0) is 35.7 Å². The van der Waals surface area contributed by atoms with Crippen LogP contribution >= 0.6 is 15.9 Å². The Hall–Kier alpha value is -2.21. The van der Waals surface area contributed by atoms with E-state index in [1.165, 1.54) is 13.2 Å². The molecule has 6 heteroatoms. The van der Waals surface area contributed by atoms with Crippen molar-refractivity contribution < 1.29 is 18.7 Å². The highest BCUT2D eigenvalue weighted by atomic mass is 79.9. The summed E-state index contributed by atoms with van der Waals surface area (Å²) in [6, 6.07) is 13.2. The van der Waals surface area contributed by atoms with Crippen LogP contribution in [-0.4, -0.2) is 19.0 Å². The lowest BCUT2D eigenvalue weighted by Crippen LogP contribution is -2.30. The van der Waals surface area contributed by atoms with Gasteiger partial charge < -0.3 is 10.1 Å². The van der Waals surface area contributed by atoms with E-state index in [0.717, 1.165) is 10.0 Å². The molecule has 0 aliphatic carbocycles. The van der Waals surface area contributed by atoms with Crippen LogP contribution in [0.1, 0.15) is 30.0 Å². The number of ether oxygens (including phenoxy) is 1. The van der Waals surface area contributed by atoms with Crippen LogP contribution in [0.5, 0.6) is 0 Å². The topological polar surface area (TPSA) is 55.4 Å². The lowest BCUT2D eigenvalue weighted by atomic mass is 10.0. The number of hydrogen-bond acceptors (Lipinski definition) is 3. The van der Waals surface area contributed by atoms with Gasteiger partial charge in [-0.25, -0.2) is 4.39 Å². The van der Waals surface area contributed by atoms with Gasteiger partial charge in [0.15, 0.2) is 0 Å². The first kappa shape index (κ1) is 19.1. The molecule has 2 aromatic carbocycles. The van der Waals surface area contributed by atoms with Gasteiger partial charge in [-0.1, -0.05) is 46.3 Å². The number of benzene rings is 2. The second-order valence-electron chi connectivity index (χ2n) is 5.55. The molecule has 0 bridgehead atoms. The average molecular weight is 408 g/mol. The average Bonchev–Trinajstić information content (AvgIpc) is 2.60. The van der Waals surface area contributed by atoms with E-state index < -0.39 is 12.0 Å². The molecule has 132 valence electrons. The minimum absolute atomic E-state index is 0.0262. The Bertz CT molecular complexity index is 751. The van der Waals surface area contributed by atoms with Crippen molar-refractivity contribution in [1.82, 2.24) is 5.32 Å². The molecule has 0 spiro atoms. The monoisotopic (exact) mass is 407 g/mol. The quantitative estimate of drug-likeness (QED) is 0.707. The molecular formula is C19H19BrFNO3. The van der Waals surface area contributed by atoms with Gasteiger partial charge in [0.1, 0.15) is 5.82 Å². The fourth-order valence-corrected chi connectivity index (χ4v) is 2.86. The molecular weight excluding hydrogens is 389 g/mol. The van der Waals surface area contributed by atoms with Crippen molar-refractivity contribution in [3.8, 4) is 0 Å². The number of aryl methyl sites for hydroxylation is 1. The zero-order valence-corrected chi connectivity index (χ0v) is 15.4. The lowest BCUT2D eigenvalue weighted by Gasteiger charge is -2.18. The predicted molar refractivity (Wildman–Crippen MR) is 96.4 cm³/mol. The van der Waals surface area contributed by atoms with E-state index in [-0.39, 0.29) is 24.6 Å². The van der Waals surface area contributed by atoms with Crippen LogP contribution in [0.25, 0.3) is 0 Å². The molecule has 0 aliphatic rings. The summed E-state index contributed by atoms with van der Waals surface area (Å²) in [6.45, 7) is 0. The molecule has 0 aromatic heterocycles. The van der Waals surface area contributed by atoms with E-state index >= 15 is 0 Å². The summed E-state index contributed by atoms with van der Waals surface area (Å²) in [5.74, 6) is -0.995. The van der Waals surface area contributed by atoms with Crippen LogP contribution in [-0.2, 0) is 20.7 Å². The first-order valence-corrected chi connectivity index (χ1v) is 8.64. The smallest absolute Gasteiger partial charge is 0.307 e. The molecule has 1 N–H and O–H groups in total. The number of carbonyl (C=O) groups excluding carboxylic acids is 2. The minimum Gasteiger partial charge on any atom is -0.469 e. The zero-order chi connectivity index (χ0) is 18.2. The van der Waals surface area contributed by atoms with Crippen molar-refractivity contribution in [3.63, 3.8) is 0 Å². The summed E-state index contributed by atoms with van der Waals surface area (Å²) in [6.07, 6.45) is 0.451. The fourth-order valence-electron chi connectivity index (χ4n) is 2.44. The number of hydrogen-bond donors (Lipinski definition) is 1. The predicted octanol–water partition coefficient (Wildman–Crippen LogP) is 3.94. The van der Waals surface area contributed by atoms with Gasteiger partial charge in [0, 0.05) is 10.9 Å². The second-order valence-corrected chi connectivity index (χ2v) is 6.46. The highest BCUT2D eigenvalue weighted by Crippen LogP contribution is 2.22. The molecule has 2 rings (SSSR count). The SMILES string of the molecule is COC(=O)CC(NC(=O)CCc1ccccc1F)c1cccc(Br)c1. The number of amides is 1. The number of methoxy groups -OCH3 is 1. The molecule has 0 fully saturated rings. The first-order chi connectivity index (χ1) is 12.0. The van der Waals surface area contributed by atoms with Gasteiger partial charge in [-0.2, -0.15) is 0 Å². The highest BCUT2D eigenvalue weighted by molar-refractivity contribution is 9.10. The van der Waals surface area contributed by atoms with Gasteiger partial charge in [0.25, 0.3) is 0 Å². The number of carbonyl (C=O) groups is 2. The lowest BCUT2D eigenvalue weighted by molar-refractivity contribution is -0.141. The normalized spacial score (nSPS) is 11.6. The van der Waals surface area contributed by atoms with Gasteiger partial charge in [0.2, 0.25) is 5.91 Å². The molecule has 0 saturated heterocycles. The number of rotatable bonds is 7. The third-order valence-corrected chi connectivity index (χ3v) is 4.26. The maximum absolute atomic E-state index is 13.6. The molecule has 0 heterocycles. The largest absolute Gasteiger partial charge is 0.469 e. The van der Waals surface area contributed by atoms with Gasteiger partial charge in [-0.3, -0.25) is 9.59 Å². The van der Waals surface area contributed by atoms with E-state index in [1.54, 1.807) is 18.2 Å². The molecule has 0 radical (unpaired) electrons. The maximum atomic E-state index is 13.6. The molecule has 0 saturated carbocycles. The molecule has 0 aliphatic heterocycles. The minimum atomic E-state index is -0.502. The summed E-state index contributed by atoms with van der Waals surface area (Å²) in [5, 5.41) is 2.83. The maximum Gasteiger partial charge on any atom is 0.307 e. The Labute approximate surface area is 154 Å². The van der Waals surface area contributed by atoms with Crippen molar-refractivity contribution in [3.05, 3.63) is 69.9 Å². The van der Waals surface area contributed by atoms with Gasteiger partial charge in [0.05, 0.1) is 19.6 Å². The van der Waals surface area contributed by atoms with E-state index in [1.807, 2.05) is 24.3 Å². The molecule has 2 aromatic rings. The Morgan fingerprint density at radius 3 is 2.64 bits per heavy atom. The highest BCUT2D eigenvalue weighted by Gasteiger charge is 2.19. The van der Waals surface area contributed by atoms with E-state index in [0.29, 0.717) is 12.0 Å². The van der Waals surface area contributed by atoms with Crippen LogP contribution in [0, 0.1) is 5.82 Å². The third-order valence-electron chi connectivity index (χ3n) is 3.76. The van der Waals surface area contributed by atoms with Crippen LogP contribution in [0.2, 0.25) is 0 Å². The fraction of sp³-hybridized carbons (Fsp3) is 0.263. The van der Waals surface area contributed by atoms with Gasteiger partial charge in [-0.15, -0.1) is 0 Å². The van der Waals surface area contributed by atoms with E-state index in [9.17, 15) is 14.0 Å². The Morgan fingerprint density at radius 1 is 1.20 bits per heavy atom. The summed E-state index contributed by atoms with van der Waals surface area (Å²) < 4.78 is 19.2. The third kappa shape index (κ3) is 5.98. The van der Waals surface area contributed by atoms with Crippen LogP contribution < -0.4 is 5.32 Å². The van der Waals surface area contributed by atoms with E-state index in [4.69, 9.17) is 4.74 Å². The molecule has 4 nitrogen and oxygen atoms in total. The Kier molecular flexibility index (Phi) is 7.13. The van der Waals surface area contributed by atoms with Gasteiger partial charge >= 0.3 is 5.97 Å². The molecule has 1 atom stereocenters. The molecule has 1 unspecified atom stereocenters. The van der Waals surface area contributed by atoms with Crippen LogP contribution in [0.4, 0.5) is 4.39 Å². The van der Waals surface area contributed by atoms with Crippen molar-refractivity contribution >= 4 is 27.8 Å². The zero-order valence-electron chi connectivity index (χ0n) is 13.8. The first-order valence-electron chi connectivity index (χ1n) is 7.84. The number of halogens is 2. The van der Waals surface area contributed by atoms with E-state index in [2.05, 4.69) is 21.2 Å². The standard InChI is InChI=1S/C19H19BrFNO3/c1-25-19(24)12-17(14-6-4-7-15(20)11-14)22-18(23)10-9-13-5-2-3-8-16(13)21/h2-8,11,17H,9-10,12H2,1H3,(H,22,23). The van der Waals surface area contributed by atoms with Crippen molar-refractivity contribution in [2.24, 2.45) is 0 Å². The molecule has 1 amide bonds. The second kappa shape index (κ2) is 9.32. The van der Waals surface area contributed by atoms with Crippen LogP contribution in [0.15, 0.2) is 53.0 Å². The Balaban J connectivity index is 2.04. The Morgan fingerprint density at radius 2 is 1.96 bits per heavy atom. The van der Waals surface area contributed by atoms with Crippen LogP contribution in [0.3, 0.4) is 0 Å². The number of nitrogens with one attached hydrogen (secondary N) is 1. The van der Waals surface area contributed by atoms with Crippen molar-refractivity contribution in [2.75, 3.05) is 7.11 Å². The summed E-state index contributed by atoms with van der Waals surface area (Å²) in [5.41, 5.74) is 1.28. The summed E-state index contributed by atoms with van der Waals surface area (Å²) in [4.78, 5) is 23.9.